The van der Waals surface area contributed by atoms with Crippen molar-refractivity contribution in [2.75, 3.05) is 12.1 Å². The van der Waals surface area contributed by atoms with E-state index in [-0.39, 0.29) is 17.5 Å². The van der Waals surface area contributed by atoms with Crippen molar-refractivity contribution in [1.29, 1.82) is 0 Å². The average molecular weight is 298 g/mol. The van der Waals surface area contributed by atoms with Gasteiger partial charge in [-0.3, -0.25) is 0 Å². The van der Waals surface area contributed by atoms with Gasteiger partial charge in [0.15, 0.2) is 17.3 Å². The van der Waals surface area contributed by atoms with Crippen LogP contribution in [-0.2, 0) is 6.54 Å². The molecule has 0 radical (unpaired) electrons. The van der Waals surface area contributed by atoms with Crippen molar-refractivity contribution < 1.29 is 18.3 Å². The number of hydrogen-bond acceptors (Lipinski definition) is 3. The summed E-state index contributed by atoms with van der Waals surface area (Å²) >= 11 is 5.81. The molecule has 0 spiro atoms. The van der Waals surface area contributed by atoms with Gasteiger partial charge in [-0.1, -0.05) is 17.7 Å². The molecule has 3 rings (SSSR count). The first kappa shape index (κ1) is 13.0. The van der Waals surface area contributed by atoms with Crippen LogP contribution in [-0.4, -0.2) is 6.79 Å². The van der Waals surface area contributed by atoms with E-state index < -0.39 is 11.6 Å². The number of anilines is 1. The number of nitrogens with one attached hydrogen (secondary N) is 1. The summed E-state index contributed by atoms with van der Waals surface area (Å²) in [5, 5.41) is 2.85. The molecule has 0 aromatic heterocycles. The normalized spacial score (nSPS) is 12.6. The zero-order valence-corrected chi connectivity index (χ0v) is 11.0. The molecule has 1 N–H and O–H groups in total. The fourth-order valence-corrected chi connectivity index (χ4v) is 2.21. The van der Waals surface area contributed by atoms with Crippen molar-refractivity contribution >= 4 is 17.3 Å². The van der Waals surface area contributed by atoms with Crippen LogP contribution in [0.2, 0.25) is 5.02 Å². The van der Waals surface area contributed by atoms with Crippen molar-refractivity contribution in [3.8, 4) is 11.5 Å². The molecule has 0 saturated heterocycles. The van der Waals surface area contributed by atoms with Crippen LogP contribution in [0.4, 0.5) is 14.5 Å². The van der Waals surface area contributed by atoms with Crippen molar-refractivity contribution in [3.05, 3.63) is 52.6 Å². The van der Waals surface area contributed by atoms with Crippen LogP contribution in [0.5, 0.6) is 11.5 Å². The Balaban J connectivity index is 1.77. The SMILES string of the molecule is Fc1cc(F)c(NCc2ccc3c(c2)OCO3)c(Cl)c1. The summed E-state index contributed by atoms with van der Waals surface area (Å²) in [6.07, 6.45) is 0. The monoisotopic (exact) mass is 297 g/mol. The highest BCUT2D eigenvalue weighted by Gasteiger charge is 2.14. The maximum absolute atomic E-state index is 13.6. The van der Waals surface area contributed by atoms with Crippen LogP contribution in [0.1, 0.15) is 5.56 Å². The van der Waals surface area contributed by atoms with Crippen molar-refractivity contribution in [2.24, 2.45) is 0 Å². The molecule has 6 heteroatoms. The highest BCUT2D eigenvalue weighted by molar-refractivity contribution is 6.33. The molecule has 20 heavy (non-hydrogen) atoms. The van der Waals surface area contributed by atoms with Gasteiger partial charge in [-0.2, -0.15) is 0 Å². The Morgan fingerprint density at radius 2 is 1.90 bits per heavy atom. The zero-order valence-electron chi connectivity index (χ0n) is 10.3. The molecule has 0 amide bonds. The Bertz CT molecular complexity index is 641. The largest absolute Gasteiger partial charge is 0.454 e. The third kappa shape index (κ3) is 2.49. The minimum absolute atomic E-state index is 0.00300. The van der Waals surface area contributed by atoms with E-state index in [1.807, 2.05) is 6.07 Å². The van der Waals surface area contributed by atoms with Gasteiger partial charge < -0.3 is 14.8 Å². The van der Waals surface area contributed by atoms with Crippen molar-refractivity contribution in [3.63, 3.8) is 0 Å². The molecule has 0 unspecified atom stereocenters. The van der Waals surface area contributed by atoms with Gasteiger partial charge in [0.1, 0.15) is 5.82 Å². The van der Waals surface area contributed by atoms with Crippen LogP contribution in [0.15, 0.2) is 30.3 Å². The first-order chi connectivity index (χ1) is 9.63. The highest BCUT2D eigenvalue weighted by Crippen LogP contribution is 2.33. The fraction of sp³-hybridized carbons (Fsp3) is 0.143. The standard InChI is InChI=1S/C14H10ClF2NO2/c15-10-4-9(16)5-11(17)14(10)18-6-8-1-2-12-13(3-8)20-7-19-12/h1-5,18H,6-7H2. The number of fused-ring (bicyclic) bond motifs is 1. The topological polar surface area (TPSA) is 30.5 Å². The van der Waals surface area contributed by atoms with Crippen LogP contribution in [0.3, 0.4) is 0 Å². The Morgan fingerprint density at radius 1 is 1.10 bits per heavy atom. The predicted octanol–water partition coefficient (Wildman–Crippen LogP) is 3.96. The van der Waals surface area contributed by atoms with Crippen LogP contribution in [0, 0.1) is 11.6 Å². The summed E-state index contributed by atoms with van der Waals surface area (Å²) in [6, 6.07) is 7.25. The molecular weight excluding hydrogens is 288 g/mol. The van der Waals surface area contributed by atoms with Gasteiger partial charge in [-0.05, 0) is 23.8 Å². The maximum Gasteiger partial charge on any atom is 0.231 e. The first-order valence-corrected chi connectivity index (χ1v) is 6.28. The van der Waals surface area contributed by atoms with E-state index in [2.05, 4.69) is 5.32 Å². The Hall–Kier alpha value is -2.01. The molecule has 2 aromatic carbocycles. The smallest absolute Gasteiger partial charge is 0.231 e. The molecule has 0 fully saturated rings. The molecule has 0 aliphatic carbocycles. The number of rotatable bonds is 3. The summed E-state index contributed by atoms with van der Waals surface area (Å²) in [6.45, 7) is 0.531. The van der Waals surface area contributed by atoms with Gasteiger partial charge in [0, 0.05) is 12.6 Å². The van der Waals surface area contributed by atoms with Crippen molar-refractivity contribution in [2.45, 2.75) is 6.54 Å². The second-order valence-electron chi connectivity index (χ2n) is 4.29. The molecule has 104 valence electrons. The molecular formula is C14H10ClF2NO2. The summed E-state index contributed by atoms with van der Waals surface area (Å²) < 4.78 is 37.0. The minimum atomic E-state index is -0.726. The lowest BCUT2D eigenvalue weighted by atomic mass is 10.2. The zero-order chi connectivity index (χ0) is 14.1. The molecule has 3 nitrogen and oxygen atoms in total. The number of benzene rings is 2. The lowest BCUT2D eigenvalue weighted by Gasteiger charge is -2.10. The predicted molar refractivity (Wildman–Crippen MR) is 71.3 cm³/mol. The van der Waals surface area contributed by atoms with E-state index >= 15 is 0 Å². The van der Waals surface area contributed by atoms with E-state index in [9.17, 15) is 8.78 Å². The number of ether oxygens (including phenoxy) is 2. The molecule has 0 saturated carbocycles. The Morgan fingerprint density at radius 3 is 2.70 bits per heavy atom. The Kier molecular flexibility index (Phi) is 3.36. The van der Waals surface area contributed by atoms with E-state index in [1.54, 1.807) is 12.1 Å². The fourth-order valence-electron chi connectivity index (χ4n) is 1.95. The van der Waals surface area contributed by atoms with Gasteiger partial charge in [0.2, 0.25) is 6.79 Å². The summed E-state index contributed by atoms with van der Waals surface area (Å²) in [4.78, 5) is 0. The van der Waals surface area contributed by atoms with Gasteiger partial charge >= 0.3 is 0 Å². The molecule has 1 aliphatic heterocycles. The molecule has 0 bridgehead atoms. The lowest BCUT2D eigenvalue weighted by molar-refractivity contribution is 0.174. The van der Waals surface area contributed by atoms with Crippen LogP contribution in [0.25, 0.3) is 0 Å². The second-order valence-corrected chi connectivity index (χ2v) is 4.69. The molecule has 1 aliphatic rings. The number of halogens is 3. The molecule has 0 atom stereocenters. The maximum atomic E-state index is 13.6. The van der Waals surface area contributed by atoms with Gasteiger partial charge in [-0.25, -0.2) is 8.78 Å². The third-order valence-corrected chi connectivity index (χ3v) is 3.21. The van der Waals surface area contributed by atoms with Gasteiger partial charge in [0.25, 0.3) is 0 Å². The summed E-state index contributed by atoms with van der Waals surface area (Å²) in [7, 11) is 0. The van der Waals surface area contributed by atoms with E-state index in [4.69, 9.17) is 21.1 Å². The van der Waals surface area contributed by atoms with Gasteiger partial charge in [-0.15, -0.1) is 0 Å². The van der Waals surface area contributed by atoms with Crippen LogP contribution >= 0.6 is 11.6 Å². The first-order valence-electron chi connectivity index (χ1n) is 5.90. The third-order valence-electron chi connectivity index (χ3n) is 2.91. The Labute approximate surface area is 119 Å². The summed E-state index contributed by atoms with van der Waals surface area (Å²) in [5.41, 5.74) is 0.944. The highest BCUT2D eigenvalue weighted by atomic mass is 35.5. The lowest BCUT2D eigenvalue weighted by Crippen LogP contribution is -2.02. The molecule has 1 heterocycles. The van der Waals surface area contributed by atoms with E-state index in [0.29, 0.717) is 18.0 Å². The average Bonchev–Trinajstić information content (AvgIpc) is 2.84. The number of hydrogen-bond donors (Lipinski definition) is 1. The minimum Gasteiger partial charge on any atom is -0.454 e. The second kappa shape index (κ2) is 5.17. The molecule has 2 aromatic rings. The van der Waals surface area contributed by atoms with Gasteiger partial charge in [0.05, 0.1) is 10.7 Å². The summed E-state index contributed by atoms with van der Waals surface area (Å²) in [5.74, 6) is -0.105. The van der Waals surface area contributed by atoms with E-state index in [0.717, 1.165) is 17.7 Å². The van der Waals surface area contributed by atoms with Crippen LogP contribution < -0.4 is 14.8 Å². The van der Waals surface area contributed by atoms with E-state index in [1.165, 1.54) is 0 Å². The van der Waals surface area contributed by atoms with Crippen molar-refractivity contribution in [1.82, 2.24) is 0 Å². The quantitative estimate of drug-likeness (QED) is 0.930.